The summed E-state index contributed by atoms with van der Waals surface area (Å²) >= 11 is 0. The van der Waals surface area contributed by atoms with Gasteiger partial charge in [0.2, 0.25) is 18.4 Å². The van der Waals surface area contributed by atoms with Crippen LogP contribution in [-0.4, -0.2) is 54.2 Å². The summed E-state index contributed by atoms with van der Waals surface area (Å²) in [7, 11) is 4.87. The van der Waals surface area contributed by atoms with Gasteiger partial charge in [0.15, 0.2) is 11.5 Å². The highest BCUT2D eigenvalue weighted by Crippen LogP contribution is 2.51. The van der Waals surface area contributed by atoms with Crippen molar-refractivity contribution in [2.75, 3.05) is 34.6 Å². The lowest BCUT2D eigenvalue weighted by molar-refractivity contribution is 0.170. The van der Waals surface area contributed by atoms with Crippen LogP contribution in [0.3, 0.4) is 0 Å². The summed E-state index contributed by atoms with van der Waals surface area (Å²) in [4.78, 5) is 30.1. The van der Waals surface area contributed by atoms with E-state index in [0.717, 1.165) is 10.1 Å². The first kappa shape index (κ1) is 21.0. The Morgan fingerprint density at radius 2 is 1.94 bits per heavy atom. The summed E-state index contributed by atoms with van der Waals surface area (Å²) in [5, 5.41) is 11.3. The third kappa shape index (κ3) is 3.21. The third-order valence-electron chi connectivity index (χ3n) is 6.10. The molecular weight excluding hydrogens is 430 g/mol. The monoisotopic (exact) mass is 453 g/mol. The molecule has 0 unspecified atom stereocenters. The predicted molar refractivity (Wildman–Crippen MR) is 118 cm³/mol. The maximum atomic E-state index is 13.1. The zero-order valence-corrected chi connectivity index (χ0v) is 18.4. The summed E-state index contributed by atoms with van der Waals surface area (Å²) in [6.45, 7) is 0.680. The molecule has 0 spiro atoms. The number of fused-ring (bicyclic) bond motifs is 2. The molecule has 10 heteroatoms. The number of rotatable bonds is 4. The highest BCUT2D eigenvalue weighted by molar-refractivity contribution is 5.63. The van der Waals surface area contributed by atoms with E-state index in [1.165, 1.54) is 14.2 Å². The molecule has 2 aromatic carbocycles. The number of aromatic hydroxyl groups is 1. The van der Waals surface area contributed by atoms with Gasteiger partial charge in [-0.05, 0) is 37.2 Å². The molecule has 33 heavy (non-hydrogen) atoms. The Morgan fingerprint density at radius 3 is 2.70 bits per heavy atom. The Morgan fingerprint density at radius 1 is 1.12 bits per heavy atom. The molecule has 172 valence electrons. The van der Waals surface area contributed by atoms with Crippen molar-refractivity contribution < 1.29 is 24.1 Å². The summed E-state index contributed by atoms with van der Waals surface area (Å²) in [6.07, 6.45) is 0.684. The van der Waals surface area contributed by atoms with Crippen LogP contribution in [0, 0.1) is 0 Å². The highest BCUT2D eigenvalue weighted by Gasteiger charge is 2.38. The molecule has 3 aromatic rings. The predicted octanol–water partition coefficient (Wildman–Crippen LogP) is 1.55. The van der Waals surface area contributed by atoms with Gasteiger partial charge in [-0.2, -0.15) is 0 Å². The van der Waals surface area contributed by atoms with Crippen molar-refractivity contribution in [2.45, 2.75) is 12.5 Å². The molecular formula is C23H23N3O7. The number of hydrogen-bond donors (Lipinski definition) is 2. The van der Waals surface area contributed by atoms with Crippen LogP contribution in [0.15, 0.2) is 39.9 Å². The Hall–Kier alpha value is -3.92. The second-order valence-corrected chi connectivity index (χ2v) is 7.88. The lowest BCUT2D eigenvalue weighted by Crippen LogP contribution is -2.39. The zero-order chi connectivity index (χ0) is 23.3. The molecule has 0 radical (unpaired) electrons. The Labute approximate surface area is 188 Å². The number of hydrogen-bond acceptors (Lipinski definition) is 8. The quantitative estimate of drug-likeness (QED) is 0.612. The molecule has 2 aliphatic rings. The normalized spacial score (nSPS) is 17.0. The van der Waals surface area contributed by atoms with Crippen molar-refractivity contribution >= 4 is 0 Å². The molecule has 0 saturated heterocycles. The van der Waals surface area contributed by atoms with Crippen molar-refractivity contribution in [1.82, 2.24) is 14.5 Å². The number of aromatic nitrogens is 2. The number of methoxy groups -OCH3 is 2. The van der Waals surface area contributed by atoms with Crippen molar-refractivity contribution in [3.63, 3.8) is 0 Å². The average Bonchev–Trinajstić information content (AvgIpc) is 3.27. The molecule has 2 N–H and O–H groups in total. The van der Waals surface area contributed by atoms with Crippen LogP contribution in [-0.2, 0) is 6.42 Å². The van der Waals surface area contributed by atoms with Gasteiger partial charge in [0.05, 0.1) is 31.5 Å². The van der Waals surface area contributed by atoms with Gasteiger partial charge in [0, 0.05) is 18.2 Å². The van der Waals surface area contributed by atoms with E-state index in [1.807, 2.05) is 18.0 Å². The van der Waals surface area contributed by atoms with E-state index >= 15 is 0 Å². The molecule has 0 amide bonds. The van der Waals surface area contributed by atoms with Crippen LogP contribution in [0.5, 0.6) is 28.9 Å². The Kier molecular flexibility index (Phi) is 5.01. The van der Waals surface area contributed by atoms with Gasteiger partial charge in [0.1, 0.15) is 5.75 Å². The second kappa shape index (κ2) is 7.89. The first-order valence-electron chi connectivity index (χ1n) is 10.4. The number of nitrogens with zero attached hydrogens (tertiary/aromatic N) is 2. The standard InChI is InChI=1S/C23H23N3O7/c1-25-8-7-12-9-15-19(33-11-32-15)20(31-3)16(12)18(25)17-21(27)24-23(29)26(22(17)28)13-5-4-6-14(10-13)30-2/h4-6,9-10,18,28H,7-8,11H2,1-3H3,(H,24,27,29)/t18-/m1/s1. The van der Waals surface area contributed by atoms with Crippen LogP contribution in [0.1, 0.15) is 22.7 Å². The molecule has 0 saturated carbocycles. The molecule has 5 rings (SSSR count). The minimum atomic E-state index is -0.758. The van der Waals surface area contributed by atoms with Crippen LogP contribution in [0.4, 0.5) is 0 Å². The van der Waals surface area contributed by atoms with E-state index < -0.39 is 23.2 Å². The fraction of sp³-hybridized carbons (Fsp3) is 0.304. The minimum Gasteiger partial charge on any atom is -0.497 e. The molecule has 1 aromatic heterocycles. The first-order valence-corrected chi connectivity index (χ1v) is 10.4. The van der Waals surface area contributed by atoms with Crippen molar-refractivity contribution in [2.24, 2.45) is 0 Å². The maximum Gasteiger partial charge on any atom is 0.335 e. The smallest absolute Gasteiger partial charge is 0.335 e. The zero-order valence-electron chi connectivity index (χ0n) is 18.4. The number of H-pyrrole nitrogens is 1. The van der Waals surface area contributed by atoms with Gasteiger partial charge in [0.25, 0.3) is 5.56 Å². The van der Waals surface area contributed by atoms with Crippen LogP contribution >= 0.6 is 0 Å². The van der Waals surface area contributed by atoms with Crippen LogP contribution in [0.25, 0.3) is 5.69 Å². The van der Waals surface area contributed by atoms with Gasteiger partial charge in [-0.1, -0.05) is 6.07 Å². The van der Waals surface area contributed by atoms with Crippen LogP contribution < -0.4 is 30.2 Å². The molecule has 1 atom stereocenters. The van der Waals surface area contributed by atoms with Gasteiger partial charge >= 0.3 is 5.69 Å². The minimum absolute atomic E-state index is 0.0260. The fourth-order valence-electron chi connectivity index (χ4n) is 4.57. The molecule has 3 heterocycles. The second-order valence-electron chi connectivity index (χ2n) is 7.88. The van der Waals surface area contributed by atoms with Crippen molar-refractivity contribution in [3.8, 4) is 34.6 Å². The van der Waals surface area contributed by atoms with Crippen molar-refractivity contribution in [3.05, 3.63) is 67.9 Å². The first-order chi connectivity index (χ1) is 15.9. The van der Waals surface area contributed by atoms with E-state index in [0.29, 0.717) is 47.2 Å². The third-order valence-corrected chi connectivity index (χ3v) is 6.10. The average molecular weight is 453 g/mol. The highest BCUT2D eigenvalue weighted by atomic mass is 16.7. The topological polar surface area (TPSA) is 115 Å². The largest absolute Gasteiger partial charge is 0.497 e. The van der Waals surface area contributed by atoms with Crippen molar-refractivity contribution in [1.29, 1.82) is 0 Å². The summed E-state index contributed by atoms with van der Waals surface area (Å²) in [6, 6.07) is 7.83. The lowest BCUT2D eigenvalue weighted by atomic mass is 9.87. The summed E-state index contributed by atoms with van der Waals surface area (Å²) in [5.41, 5.74) is 0.542. The van der Waals surface area contributed by atoms with E-state index in [-0.39, 0.29) is 12.4 Å². The van der Waals surface area contributed by atoms with Gasteiger partial charge in [-0.3, -0.25) is 14.7 Å². The van der Waals surface area contributed by atoms with E-state index in [4.69, 9.17) is 18.9 Å². The summed E-state index contributed by atoms with van der Waals surface area (Å²) < 4.78 is 23.2. The number of nitrogens with one attached hydrogen (secondary N) is 1. The number of benzene rings is 2. The van der Waals surface area contributed by atoms with E-state index in [2.05, 4.69) is 4.98 Å². The van der Waals surface area contributed by atoms with Gasteiger partial charge < -0.3 is 24.1 Å². The Balaban J connectivity index is 1.78. The molecule has 2 aliphatic heterocycles. The van der Waals surface area contributed by atoms with E-state index in [9.17, 15) is 14.7 Å². The number of aromatic amines is 1. The maximum absolute atomic E-state index is 13.1. The van der Waals surface area contributed by atoms with Gasteiger partial charge in [-0.25, -0.2) is 9.36 Å². The van der Waals surface area contributed by atoms with Crippen LogP contribution in [0.2, 0.25) is 0 Å². The molecule has 0 fully saturated rings. The fourth-order valence-corrected chi connectivity index (χ4v) is 4.57. The number of ether oxygens (including phenoxy) is 4. The Bertz CT molecular complexity index is 1360. The van der Waals surface area contributed by atoms with E-state index in [1.54, 1.807) is 24.3 Å². The molecule has 0 bridgehead atoms. The summed E-state index contributed by atoms with van der Waals surface area (Å²) in [5.74, 6) is 1.51. The molecule has 10 nitrogen and oxygen atoms in total. The SMILES string of the molecule is COc1cccc(-n2c(O)c([C@H]3c4c(cc5c(c4OC)OCO5)CCN3C)c(=O)[nH]c2=O)c1. The molecule has 0 aliphatic carbocycles. The lowest BCUT2D eigenvalue weighted by Gasteiger charge is -2.35. The number of likely N-dealkylation sites (N-methyl/N-ethyl adjacent to an activating group) is 1. The van der Waals surface area contributed by atoms with Gasteiger partial charge in [-0.15, -0.1) is 0 Å².